The Bertz CT molecular complexity index is 5000. The number of aromatic nitrogens is 4. The Morgan fingerprint density at radius 2 is 1.05 bits per heavy atom. The summed E-state index contributed by atoms with van der Waals surface area (Å²) in [5.41, 5.74) is 9.78. The van der Waals surface area contributed by atoms with Gasteiger partial charge in [0.1, 0.15) is 68.8 Å². The fourth-order valence-corrected chi connectivity index (χ4v) is 12.6. The first-order valence-electron chi connectivity index (χ1n) is 28.7. The van der Waals surface area contributed by atoms with Gasteiger partial charge >= 0.3 is 12.1 Å². The number of anilines is 1. The molecule has 0 radical (unpaired) electrons. The summed E-state index contributed by atoms with van der Waals surface area (Å²) in [6.07, 6.45) is 0. The molecule has 0 unspecified atom stereocenters. The number of carbonyl (C=O) groups excluding carboxylic acids is 4. The second-order valence-corrected chi connectivity index (χ2v) is 23.0. The van der Waals surface area contributed by atoms with Crippen LogP contribution in [0, 0.1) is 26.8 Å². The third-order valence-electron chi connectivity index (χ3n) is 16.5. The second-order valence-electron chi connectivity index (χ2n) is 21.9. The van der Waals surface area contributed by atoms with Gasteiger partial charge in [-0.2, -0.15) is 0 Å². The molecular formula is C68H51F4IN10O8. The zero-order valence-corrected chi connectivity index (χ0v) is 51.0. The third-order valence-corrected chi connectivity index (χ3v) is 17.4. The highest BCUT2D eigenvalue weighted by atomic mass is 127. The Balaban J connectivity index is 0.000000144. The summed E-state index contributed by atoms with van der Waals surface area (Å²) < 4.78 is 85.6. The number of nitrogens with one attached hydrogen (secondary N) is 3. The lowest BCUT2D eigenvalue weighted by molar-refractivity contribution is 0.0956. The number of carbonyl (C=O) groups is 4. The largest absolute Gasteiger partial charge is 0.470 e. The van der Waals surface area contributed by atoms with Gasteiger partial charge in [0.15, 0.2) is 13.5 Å². The van der Waals surface area contributed by atoms with E-state index in [4.69, 9.17) is 28.3 Å². The number of fused-ring (bicyclic) bond motifs is 12. The molecule has 0 bridgehead atoms. The lowest BCUT2D eigenvalue weighted by atomic mass is 10.00. The average Bonchev–Trinajstić information content (AvgIpc) is 1.69. The highest BCUT2D eigenvalue weighted by molar-refractivity contribution is 14.1. The van der Waals surface area contributed by atoms with Crippen molar-refractivity contribution < 1.29 is 55.0 Å². The van der Waals surface area contributed by atoms with Crippen LogP contribution in [0.3, 0.4) is 0 Å². The molecule has 0 spiro atoms. The minimum Gasteiger partial charge on any atom is -0.470 e. The molecule has 23 heteroatoms. The van der Waals surface area contributed by atoms with E-state index in [0.717, 1.165) is 33.4 Å². The highest BCUT2D eigenvalue weighted by Gasteiger charge is 2.33. The van der Waals surface area contributed by atoms with Crippen LogP contribution in [0.15, 0.2) is 154 Å². The van der Waals surface area contributed by atoms with Crippen molar-refractivity contribution >= 4 is 95.9 Å². The number of hydrogen-bond donors (Lipinski definition) is 3. The number of likely N-dealkylation sites (N-methyl/N-ethyl adjacent to an activating group) is 2. The number of hydrogen-bond acceptors (Lipinski definition) is 10. The Kier molecular flexibility index (Phi) is 14.7. The number of rotatable bonds is 7. The van der Waals surface area contributed by atoms with Gasteiger partial charge in [0.2, 0.25) is 0 Å². The number of benzene rings is 6. The normalized spacial score (nSPS) is 13.8. The van der Waals surface area contributed by atoms with Gasteiger partial charge < -0.3 is 53.2 Å². The first kappa shape index (κ1) is 58.0. The first-order chi connectivity index (χ1) is 44.0. The summed E-state index contributed by atoms with van der Waals surface area (Å²) in [5.74, 6) is -0.354. The van der Waals surface area contributed by atoms with Gasteiger partial charge in [-0.05, 0) is 150 Å². The maximum atomic E-state index is 14.7. The maximum absolute atomic E-state index is 14.7. The van der Waals surface area contributed by atoms with E-state index < -0.39 is 5.82 Å². The van der Waals surface area contributed by atoms with Gasteiger partial charge in [-0.25, -0.2) is 37.1 Å². The fourth-order valence-electron chi connectivity index (χ4n) is 11.9. The van der Waals surface area contributed by atoms with E-state index in [1.54, 1.807) is 109 Å². The SMILES string of the molecule is CN1CCNC1=O.CNC(=O)c1c(-c2ccc(F)cc2)oc2cc(I)c(-c3ccc4c(n3)-c3cc5c(F)cccc5n3CO4)cc12.CNC(=O)c1c(-c2ccc(F)cc2)oc2cc(N3CCN(C)C3=O)c(-c3ccc4c(n3)-c3cc5c(F)cccc5n3CO4)cc12. The second kappa shape index (κ2) is 23.0. The molecule has 6 aromatic heterocycles. The highest BCUT2D eigenvalue weighted by Crippen LogP contribution is 2.46. The van der Waals surface area contributed by atoms with Crippen LogP contribution in [0.1, 0.15) is 20.7 Å². The van der Waals surface area contributed by atoms with Crippen molar-refractivity contribution in [2.24, 2.45) is 0 Å². The Morgan fingerprint density at radius 1 is 0.560 bits per heavy atom. The molecule has 18 nitrogen and oxygen atoms in total. The molecule has 12 aromatic rings. The predicted molar refractivity (Wildman–Crippen MR) is 344 cm³/mol. The summed E-state index contributed by atoms with van der Waals surface area (Å²) in [5, 5.41) is 10.1. The molecule has 6 amide bonds. The van der Waals surface area contributed by atoms with E-state index in [2.05, 4.69) is 38.5 Å². The van der Waals surface area contributed by atoms with Crippen LogP contribution < -0.4 is 30.3 Å². The minimum atomic E-state index is -0.415. The Hall–Kier alpha value is -10.7. The molecule has 4 aliphatic rings. The molecule has 456 valence electrons. The number of halogens is 5. The van der Waals surface area contributed by atoms with Crippen LogP contribution in [0.2, 0.25) is 0 Å². The van der Waals surface area contributed by atoms with E-state index in [0.29, 0.717) is 125 Å². The Morgan fingerprint density at radius 3 is 1.51 bits per heavy atom. The van der Waals surface area contributed by atoms with Gasteiger partial charge in [0, 0.05) is 108 Å². The summed E-state index contributed by atoms with van der Waals surface area (Å²) in [6, 6.07) is 39.4. The quantitative estimate of drug-likeness (QED) is 0.102. The molecule has 10 heterocycles. The molecular weight excluding hydrogens is 1290 g/mol. The van der Waals surface area contributed by atoms with Gasteiger partial charge in [-0.1, -0.05) is 12.1 Å². The Labute approximate surface area is 528 Å². The van der Waals surface area contributed by atoms with Crippen LogP contribution >= 0.6 is 22.6 Å². The molecule has 4 aliphatic heterocycles. The zero-order chi connectivity index (χ0) is 63.1. The lowest BCUT2D eigenvalue weighted by Gasteiger charge is -2.23. The van der Waals surface area contributed by atoms with Crippen LogP contribution in [0.25, 0.3) is 112 Å². The smallest absolute Gasteiger partial charge is 0.324 e. The van der Waals surface area contributed by atoms with Gasteiger partial charge in [0.05, 0.1) is 50.6 Å². The van der Waals surface area contributed by atoms with Crippen molar-refractivity contribution in [3.05, 3.63) is 184 Å². The van der Waals surface area contributed by atoms with Gasteiger partial charge in [-0.15, -0.1) is 0 Å². The molecule has 91 heavy (non-hydrogen) atoms. The van der Waals surface area contributed by atoms with Gasteiger partial charge in [0.25, 0.3) is 11.8 Å². The van der Waals surface area contributed by atoms with Crippen molar-refractivity contribution in [3.63, 3.8) is 0 Å². The number of amides is 6. The monoisotopic (exact) mass is 1340 g/mol. The van der Waals surface area contributed by atoms with Crippen molar-refractivity contribution in [1.29, 1.82) is 0 Å². The standard InChI is InChI=1S/C34H25F2N5O4.C30H18F2IN3O3.C4H8N2O/c1-37-33(42)30-22-14-21(24-10-11-28-31(38-24)27-15-20-23(36)4-3-5-25(20)41(27)17-44-28)26(40-13-12-39(2)34(40)43)16-29(22)45-32(30)18-6-8-19(35)9-7-18;1-34-30(37)27-19-11-18(21(33)13-26(19)39-29(27)15-5-7-16(31)8-6-15)22-9-10-25-28(35-22)24-12-17-20(32)3-2-4-23(17)36(24)14-38-25;1-6-3-2-5-4(6)7/h3-11,14-16H,12-13,17H2,1-2H3,(H,37,42);2-13H,14H2,1H3,(H,34,37);2-3H2,1H3,(H,5,7). The number of nitrogens with zero attached hydrogens (tertiary/aromatic N) is 7. The van der Waals surface area contributed by atoms with E-state index in [1.165, 1.54) is 43.4 Å². The van der Waals surface area contributed by atoms with Crippen molar-refractivity contribution in [2.75, 3.05) is 59.3 Å². The number of urea groups is 2. The fraction of sp³-hybridized carbons (Fsp3) is 0.147. The lowest BCUT2D eigenvalue weighted by Crippen LogP contribution is -2.29. The summed E-state index contributed by atoms with van der Waals surface area (Å²) >= 11 is 2.21. The number of furan rings is 2. The number of ether oxygens (including phenoxy) is 2. The first-order valence-corrected chi connectivity index (χ1v) is 29.8. The zero-order valence-electron chi connectivity index (χ0n) is 48.9. The molecule has 2 fully saturated rings. The number of pyridine rings is 2. The molecule has 6 aromatic carbocycles. The summed E-state index contributed by atoms with van der Waals surface area (Å²) in [7, 11) is 6.59. The summed E-state index contributed by atoms with van der Waals surface area (Å²) in [4.78, 5) is 64.8. The molecule has 2 saturated heterocycles. The van der Waals surface area contributed by atoms with E-state index in [-0.39, 0.29) is 66.1 Å². The van der Waals surface area contributed by atoms with E-state index in [1.807, 2.05) is 45.5 Å². The van der Waals surface area contributed by atoms with Crippen LogP contribution in [0.5, 0.6) is 11.5 Å². The van der Waals surface area contributed by atoms with E-state index in [9.17, 15) is 36.7 Å². The molecule has 16 rings (SSSR count). The average molecular weight is 1340 g/mol. The van der Waals surface area contributed by atoms with Gasteiger partial charge in [-0.3, -0.25) is 14.5 Å². The van der Waals surface area contributed by atoms with Crippen LogP contribution in [-0.2, 0) is 13.5 Å². The molecule has 0 atom stereocenters. The summed E-state index contributed by atoms with van der Waals surface area (Å²) in [6.45, 7) is 3.07. The van der Waals surface area contributed by atoms with Crippen molar-refractivity contribution in [3.8, 4) is 79.4 Å². The third kappa shape index (κ3) is 10.1. The molecule has 3 N–H and O–H groups in total. The molecule has 0 aliphatic carbocycles. The van der Waals surface area contributed by atoms with Crippen LogP contribution in [0.4, 0.5) is 32.8 Å². The maximum Gasteiger partial charge on any atom is 0.324 e. The van der Waals surface area contributed by atoms with Crippen LogP contribution in [-0.4, -0.2) is 107 Å². The van der Waals surface area contributed by atoms with Crippen molar-refractivity contribution in [1.82, 2.24) is 44.9 Å². The minimum absolute atomic E-state index is 0.0417. The topological polar surface area (TPSA) is 194 Å². The molecule has 0 saturated carbocycles. The van der Waals surface area contributed by atoms with E-state index >= 15 is 0 Å². The predicted octanol–water partition coefficient (Wildman–Crippen LogP) is 13.7. The van der Waals surface area contributed by atoms with Crippen molar-refractivity contribution in [2.45, 2.75) is 13.5 Å².